The summed E-state index contributed by atoms with van der Waals surface area (Å²) < 4.78 is 0. The van der Waals surface area contributed by atoms with Gasteiger partial charge >= 0.3 is 6.03 Å². The molecule has 2 aromatic rings. The van der Waals surface area contributed by atoms with Crippen molar-refractivity contribution in [2.45, 2.75) is 6.04 Å². The fourth-order valence-corrected chi connectivity index (χ4v) is 3.75. The first kappa shape index (κ1) is 19.2. The first-order chi connectivity index (χ1) is 13.1. The number of nitrogens with one attached hydrogen (secondary N) is 3. The zero-order valence-electron chi connectivity index (χ0n) is 15.2. The van der Waals surface area contributed by atoms with Gasteiger partial charge in [-0.25, -0.2) is 4.79 Å². The van der Waals surface area contributed by atoms with E-state index in [1.54, 1.807) is 0 Å². The Balaban J connectivity index is 1.75. The van der Waals surface area contributed by atoms with Gasteiger partial charge in [-0.3, -0.25) is 10.1 Å². The van der Waals surface area contributed by atoms with Crippen LogP contribution in [0.3, 0.4) is 0 Å². The van der Waals surface area contributed by atoms with Gasteiger partial charge in [0.25, 0.3) is 5.91 Å². The average Bonchev–Trinajstić information content (AvgIpc) is 2.70. The molecule has 142 valence electrons. The highest BCUT2D eigenvalue weighted by atomic mass is 35.5. The minimum Gasteiger partial charge on any atom is -0.359 e. The maximum Gasteiger partial charge on any atom is 0.321 e. The number of hydrogen-bond donors (Lipinski definition) is 3. The minimum absolute atomic E-state index is 0.290. The Hall–Kier alpha value is -2.57. The highest BCUT2D eigenvalue weighted by molar-refractivity contribution is 6.33. The van der Waals surface area contributed by atoms with Crippen LogP contribution >= 0.6 is 11.6 Å². The number of para-hydroxylation sites is 1. The van der Waals surface area contributed by atoms with Crippen molar-refractivity contribution in [2.75, 3.05) is 38.1 Å². The number of hydrogen-bond acceptors (Lipinski definition) is 3. The predicted molar refractivity (Wildman–Crippen MR) is 106 cm³/mol. The average molecular weight is 388 g/mol. The Bertz CT molecular complexity index is 792. The van der Waals surface area contributed by atoms with E-state index < -0.39 is 12.1 Å². The summed E-state index contributed by atoms with van der Waals surface area (Å²) in [6, 6.07) is 16.5. The summed E-state index contributed by atoms with van der Waals surface area (Å²) in [6.45, 7) is 3.11. The molecule has 0 aliphatic carbocycles. The van der Waals surface area contributed by atoms with Crippen LogP contribution in [0.4, 0.5) is 10.5 Å². The van der Waals surface area contributed by atoms with Gasteiger partial charge in [-0.15, -0.1) is 0 Å². The third-order valence-electron chi connectivity index (χ3n) is 4.87. The minimum atomic E-state index is -0.491. The molecule has 27 heavy (non-hydrogen) atoms. The first-order valence-electron chi connectivity index (χ1n) is 9.01. The maximum absolute atomic E-state index is 12.8. The smallest absolute Gasteiger partial charge is 0.321 e. The van der Waals surface area contributed by atoms with Gasteiger partial charge < -0.3 is 15.1 Å². The number of rotatable bonds is 4. The number of imide groups is 1. The molecule has 1 aliphatic heterocycles. The first-order valence-corrected chi connectivity index (χ1v) is 9.39. The fraction of sp³-hybridized carbons (Fsp3) is 0.300. The van der Waals surface area contributed by atoms with E-state index in [0.29, 0.717) is 0 Å². The van der Waals surface area contributed by atoms with Crippen LogP contribution in [0.1, 0.15) is 11.6 Å². The zero-order valence-corrected chi connectivity index (χ0v) is 16.0. The van der Waals surface area contributed by atoms with Crippen molar-refractivity contribution in [1.29, 1.82) is 0 Å². The molecule has 1 heterocycles. The number of benzene rings is 2. The SMILES string of the molecule is CNC(=O)NC(=O)[C@H](c1ccccc1)[NH+]1CCN(c2ccccc2Cl)CC1. The molecule has 0 bridgehead atoms. The molecular formula is C20H24ClN4O2+. The Kier molecular flexibility index (Phi) is 6.32. The number of carbonyl (C=O) groups is 2. The van der Waals surface area contributed by atoms with Gasteiger partial charge in [0, 0.05) is 12.6 Å². The molecule has 3 rings (SSSR count). The van der Waals surface area contributed by atoms with Crippen molar-refractivity contribution >= 4 is 29.2 Å². The van der Waals surface area contributed by atoms with Crippen LogP contribution in [0.2, 0.25) is 5.02 Å². The number of nitrogens with zero attached hydrogens (tertiary/aromatic N) is 1. The number of piperazine rings is 1. The third-order valence-corrected chi connectivity index (χ3v) is 5.19. The van der Waals surface area contributed by atoms with E-state index in [1.165, 1.54) is 7.05 Å². The van der Waals surface area contributed by atoms with Crippen molar-refractivity contribution in [3.63, 3.8) is 0 Å². The molecule has 3 amide bonds. The molecule has 3 N–H and O–H groups in total. The van der Waals surface area contributed by atoms with E-state index in [0.717, 1.165) is 47.4 Å². The summed E-state index contributed by atoms with van der Waals surface area (Å²) in [7, 11) is 1.50. The molecule has 1 fully saturated rings. The topological polar surface area (TPSA) is 65.9 Å². The lowest BCUT2D eigenvalue weighted by Gasteiger charge is -2.37. The number of anilines is 1. The van der Waals surface area contributed by atoms with Gasteiger partial charge in [0.05, 0.1) is 36.9 Å². The van der Waals surface area contributed by atoms with Crippen LogP contribution in [0.5, 0.6) is 0 Å². The monoisotopic (exact) mass is 387 g/mol. The normalized spacial score (nSPS) is 15.9. The van der Waals surface area contributed by atoms with Gasteiger partial charge in [0.15, 0.2) is 6.04 Å². The van der Waals surface area contributed by atoms with E-state index in [4.69, 9.17) is 11.6 Å². The van der Waals surface area contributed by atoms with Crippen LogP contribution in [0.25, 0.3) is 0 Å². The lowest BCUT2D eigenvalue weighted by atomic mass is 10.0. The zero-order chi connectivity index (χ0) is 19.2. The molecule has 0 aromatic heterocycles. The molecule has 2 aromatic carbocycles. The van der Waals surface area contributed by atoms with Crippen molar-refractivity contribution in [3.05, 3.63) is 65.2 Å². The Morgan fingerprint density at radius 3 is 2.30 bits per heavy atom. The van der Waals surface area contributed by atoms with Gasteiger partial charge in [-0.2, -0.15) is 0 Å². The van der Waals surface area contributed by atoms with Gasteiger partial charge in [-0.05, 0) is 12.1 Å². The van der Waals surface area contributed by atoms with Crippen LogP contribution in [-0.2, 0) is 4.79 Å². The summed E-state index contributed by atoms with van der Waals surface area (Å²) in [5.74, 6) is -0.290. The number of amides is 3. The van der Waals surface area contributed by atoms with Crippen LogP contribution in [0, 0.1) is 0 Å². The van der Waals surface area contributed by atoms with Crippen molar-refractivity contribution in [2.24, 2.45) is 0 Å². The molecule has 0 saturated carbocycles. The highest BCUT2D eigenvalue weighted by Crippen LogP contribution is 2.25. The lowest BCUT2D eigenvalue weighted by molar-refractivity contribution is -0.922. The summed E-state index contributed by atoms with van der Waals surface area (Å²) in [5, 5.41) is 5.60. The summed E-state index contributed by atoms with van der Waals surface area (Å²) >= 11 is 6.32. The largest absolute Gasteiger partial charge is 0.359 e. The molecule has 0 spiro atoms. The summed E-state index contributed by atoms with van der Waals surface area (Å²) in [5.41, 5.74) is 1.92. The number of halogens is 1. The van der Waals surface area contributed by atoms with Crippen LogP contribution in [0.15, 0.2) is 54.6 Å². The molecular weight excluding hydrogens is 364 g/mol. The standard InChI is InChI=1S/C20H23ClN4O2/c1-22-20(27)23-19(26)18(15-7-3-2-4-8-15)25-13-11-24(12-14-25)17-10-6-5-9-16(17)21/h2-10,18H,11-14H2,1H3,(H2,22,23,26,27)/p+1/t18-/m0/s1. The number of carbonyl (C=O) groups excluding carboxylic acids is 2. The second-order valence-electron chi connectivity index (χ2n) is 6.51. The Labute approximate surface area is 164 Å². The quantitative estimate of drug-likeness (QED) is 0.739. The number of quaternary nitrogens is 1. The van der Waals surface area contributed by atoms with Crippen molar-refractivity contribution in [1.82, 2.24) is 10.6 Å². The second-order valence-corrected chi connectivity index (χ2v) is 6.92. The molecule has 0 unspecified atom stereocenters. The Morgan fingerprint density at radius 1 is 1.04 bits per heavy atom. The maximum atomic E-state index is 12.8. The summed E-state index contributed by atoms with van der Waals surface area (Å²) in [4.78, 5) is 27.8. The van der Waals surface area contributed by atoms with E-state index in [1.807, 2.05) is 54.6 Å². The van der Waals surface area contributed by atoms with Crippen molar-refractivity contribution in [3.8, 4) is 0 Å². The lowest BCUT2D eigenvalue weighted by Crippen LogP contribution is -3.16. The molecule has 1 aliphatic rings. The van der Waals surface area contributed by atoms with E-state index in [-0.39, 0.29) is 5.91 Å². The van der Waals surface area contributed by atoms with Crippen molar-refractivity contribution < 1.29 is 14.5 Å². The van der Waals surface area contributed by atoms with E-state index >= 15 is 0 Å². The fourth-order valence-electron chi connectivity index (χ4n) is 3.50. The molecule has 6 nitrogen and oxygen atoms in total. The van der Waals surface area contributed by atoms with E-state index in [9.17, 15) is 9.59 Å². The van der Waals surface area contributed by atoms with Gasteiger partial charge in [-0.1, -0.05) is 54.1 Å². The molecule has 0 radical (unpaired) electrons. The van der Waals surface area contributed by atoms with Crippen LogP contribution in [-0.4, -0.2) is 45.2 Å². The van der Waals surface area contributed by atoms with Crippen LogP contribution < -0.4 is 20.4 Å². The third kappa shape index (κ3) is 4.59. The molecule has 1 atom stereocenters. The predicted octanol–water partition coefficient (Wildman–Crippen LogP) is 1.24. The summed E-state index contributed by atoms with van der Waals surface area (Å²) in [6.07, 6.45) is 0. The molecule has 1 saturated heterocycles. The molecule has 7 heteroatoms. The van der Waals surface area contributed by atoms with E-state index in [2.05, 4.69) is 15.5 Å². The second kappa shape index (κ2) is 8.88. The van der Waals surface area contributed by atoms with Gasteiger partial charge in [0.1, 0.15) is 0 Å². The van der Waals surface area contributed by atoms with Gasteiger partial charge in [0.2, 0.25) is 0 Å². The Morgan fingerprint density at radius 2 is 1.67 bits per heavy atom. The number of urea groups is 1. The highest BCUT2D eigenvalue weighted by Gasteiger charge is 2.35.